The number of fused-ring (bicyclic) bond motifs is 1. The van der Waals surface area contributed by atoms with Gasteiger partial charge in [0.05, 0.1) is 0 Å². The second kappa shape index (κ2) is 5.52. The minimum absolute atomic E-state index is 0.0523. The number of carbonyl (C=O) groups excluding carboxylic acids is 1. The molecule has 0 radical (unpaired) electrons. The van der Waals surface area contributed by atoms with Gasteiger partial charge < -0.3 is 5.32 Å². The van der Waals surface area contributed by atoms with Crippen LogP contribution in [0.2, 0.25) is 0 Å². The van der Waals surface area contributed by atoms with Gasteiger partial charge >= 0.3 is 0 Å². The zero-order valence-corrected chi connectivity index (χ0v) is 12.2. The summed E-state index contributed by atoms with van der Waals surface area (Å²) in [6.45, 7) is 4.57. The molecule has 2 aromatic rings. The molecule has 5 nitrogen and oxygen atoms in total. The molecule has 1 aromatic carbocycles. The molecule has 0 saturated heterocycles. The molecule has 0 bridgehead atoms. The van der Waals surface area contributed by atoms with Crippen LogP contribution < -0.4 is 10.6 Å². The van der Waals surface area contributed by atoms with Crippen molar-refractivity contribution in [3.63, 3.8) is 0 Å². The van der Waals surface area contributed by atoms with E-state index in [9.17, 15) is 4.79 Å². The average Bonchev–Trinajstić information content (AvgIpc) is 2.81. The summed E-state index contributed by atoms with van der Waals surface area (Å²) in [6.07, 6.45) is 0.431. The fraction of sp³-hybridized carbons (Fsp3) is 0.312. The van der Waals surface area contributed by atoms with Gasteiger partial charge in [-0.3, -0.25) is 10.1 Å². The van der Waals surface area contributed by atoms with Crippen LogP contribution in [0.15, 0.2) is 30.3 Å². The third-order valence-corrected chi connectivity index (χ3v) is 3.60. The van der Waals surface area contributed by atoms with E-state index in [1.165, 1.54) is 5.56 Å². The predicted octanol–water partition coefficient (Wildman–Crippen LogP) is 2.63. The maximum atomic E-state index is 12.2. The third-order valence-electron chi connectivity index (χ3n) is 3.60. The van der Waals surface area contributed by atoms with Crippen molar-refractivity contribution < 1.29 is 4.79 Å². The highest BCUT2D eigenvalue weighted by Gasteiger charge is 2.24. The van der Waals surface area contributed by atoms with E-state index in [-0.39, 0.29) is 11.8 Å². The second-order valence-corrected chi connectivity index (χ2v) is 5.39. The summed E-state index contributed by atoms with van der Waals surface area (Å²) in [7, 11) is 0. The van der Waals surface area contributed by atoms with E-state index in [1.54, 1.807) is 0 Å². The van der Waals surface area contributed by atoms with Gasteiger partial charge in [-0.05, 0) is 31.5 Å². The topological polar surface area (TPSA) is 66.9 Å². The fourth-order valence-corrected chi connectivity index (χ4v) is 2.72. The summed E-state index contributed by atoms with van der Waals surface area (Å²) >= 11 is 0. The Morgan fingerprint density at radius 1 is 1.29 bits per heavy atom. The molecule has 1 unspecified atom stereocenters. The van der Waals surface area contributed by atoms with Crippen LogP contribution in [0.25, 0.3) is 0 Å². The Kier molecular flexibility index (Phi) is 3.56. The van der Waals surface area contributed by atoms with Crippen LogP contribution in [-0.2, 0) is 4.79 Å². The highest BCUT2D eigenvalue weighted by atomic mass is 16.1. The summed E-state index contributed by atoms with van der Waals surface area (Å²) in [6, 6.07) is 10.00. The molecule has 0 spiro atoms. The molecule has 108 valence electrons. The molecule has 0 saturated carbocycles. The SMILES string of the molecule is Cc1cc(C)nc(NC(=O)CC2CNc3ccccc32)n1. The third kappa shape index (κ3) is 3.02. The van der Waals surface area contributed by atoms with Gasteiger partial charge in [-0.1, -0.05) is 18.2 Å². The number of amides is 1. The van der Waals surface area contributed by atoms with Gasteiger partial charge in [0.15, 0.2) is 0 Å². The first-order valence-corrected chi connectivity index (χ1v) is 7.07. The quantitative estimate of drug-likeness (QED) is 0.908. The smallest absolute Gasteiger partial charge is 0.229 e. The van der Waals surface area contributed by atoms with Crippen LogP contribution in [0.1, 0.15) is 29.3 Å². The lowest BCUT2D eigenvalue weighted by Gasteiger charge is -2.10. The first-order valence-electron chi connectivity index (χ1n) is 7.07. The maximum Gasteiger partial charge on any atom is 0.229 e. The van der Waals surface area contributed by atoms with Crippen LogP contribution in [0, 0.1) is 13.8 Å². The number of aromatic nitrogens is 2. The van der Waals surface area contributed by atoms with Gasteiger partial charge in [-0.15, -0.1) is 0 Å². The number of carbonyl (C=O) groups is 1. The number of nitrogens with one attached hydrogen (secondary N) is 2. The van der Waals surface area contributed by atoms with Gasteiger partial charge in [0.1, 0.15) is 0 Å². The van der Waals surface area contributed by atoms with Crippen LogP contribution >= 0.6 is 0 Å². The summed E-state index contributed by atoms with van der Waals surface area (Å²) in [5.41, 5.74) is 4.03. The minimum Gasteiger partial charge on any atom is -0.384 e. The van der Waals surface area contributed by atoms with Gasteiger partial charge in [-0.2, -0.15) is 0 Å². The molecule has 2 heterocycles. The number of para-hydroxylation sites is 1. The van der Waals surface area contributed by atoms with Crippen LogP contribution in [-0.4, -0.2) is 22.4 Å². The second-order valence-electron chi connectivity index (χ2n) is 5.39. The van der Waals surface area contributed by atoms with Gasteiger partial charge in [-0.25, -0.2) is 9.97 Å². The van der Waals surface area contributed by atoms with Crippen molar-refractivity contribution in [2.24, 2.45) is 0 Å². The Balaban J connectivity index is 1.68. The molecule has 21 heavy (non-hydrogen) atoms. The predicted molar refractivity (Wildman–Crippen MR) is 82.4 cm³/mol. The highest BCUT2D eigenvalue weighted by Crippen LogP contribution is 2.33. The Bertz CT molecular complexity index is 663. The molecule has 2 N–H and O–H groups in total. The zero-order chi connectivity index (χ0) is 14.8. The number of hydrogen-bond acceptors (Lipinski definition) is 4. The van der Waals surface area contributed by atoms with Crippen molar-refractivity contribution >= 4 is 17.5 Å². The first-order chi connectivity index (χ1) is 10.1. The molecular weight excluding hydrogens is 264 g/mol. The highest BCUT2D eigenvalue weighted by molar-refractivity contribution is 5.90. The van der Waals surface area contributed by atoms with E-state index < -0.39 is 0 Å². The Morgan fingerprint density at radius 2 is 2.00 bits per heavy atom. The molecule has 1 amide bonds. The molecule has 5 heteroatoms. The van der Waals surface area contributed by atoms with Crippen LogP contribution in [0.5, 0.6) is 0 Å². The van der Waals surface area contributed by atoms with E-state index in [2.05, 4.69) is 26.7 Å². The van der Waals surface area contributed by atoms with Crippen molar-refractivity contribution in [1.82, 2.24) is 9.97 Å². The van der Waals surface area contributed by atoms with Crippen LogP contribution in [0.3, 0.4) is 0 Å². The summed E-state index contributed by atoms with van der Waals surface area (Å²) in [4.78, 5) is 20.7. The van der Waals surface area contributed by atoms with Gasteiger partial charge in [0.2, 0.25) is 11.9 Å². The molecule has 1 aromatic heterocycles. The normalized spacial score (nSPS) is 16.2. The number of benzene rings is 1. The van der Waals surface area contributed by atoms with E-state index in [0.717, 1.165) is 23.6 Å². The lowest BCUT2D eigenvalue weighted by atomic mass is 9.98. The number of nitrogens with zero attached hydrogens (tertiary/aromatic N) is 2. The van der Waals surface area contributed by atoms with E-state index >= 15 is 0 Å². The molecule has 3 rings (SSSR count). The summed E-state index contributed by atoms with van der Waals surface area (Å²) < 4.78 is 0. The molecule has 1 atom stereocenters. The van der Waals surface area contributed by atoms with E-state index in [0.29, 0.717) is 12.4 Å². The Labute approximate surface area is 123 Å². The zero-order valence-electron chi connectivity index (χ0n) is 12.2. The first kappa shape index (κ1) is 13.5. The molecule has 1 aliphatic heterocycles. The van der Waals surface area contributed by atoms with Crippen molar-refractivity contribution in [2.45, 2.75) is 26.2 Å². The van der Waals surface area contributed by atoms with Gasteiger partial charge in [0, 0.05) is 36.0 Å². The Morgan fingerprint density at radius 3 is 2.76 bits per heavy atom. The number of hydrogen-bond donors (Lipinski definition) is 2. The molecule has 1 aliphatic rings. The minimum atomic E-state index is -0.0523. The van der Waals surface area contributed by atoms with E-state index in [4.69, 9.17) is 0 Å². The van der Waals surface area contributed by atoms with Crippen LogP contribution in [0.4, 0.5) is 11.6 Å². The number of aryl methyl sites for hydroxylation is 2. The standard InChI is InChI=1S/C16H18N4O/c1-10-7-11(2)19-16(18-10)20-15(21)8-12-9-17-14-6-4-3-5-13(12)14/h3-7,12,17H,8-9H2,1-2H3,(H,18,19,20,21). The summed E-state index contributed by atoms with van der Waals surface area (Å²) in [5, 5.41) is 6.12. The molecule has 0 fully saturated rings. The van der Waals surface area contributed by atoms with E-state index in [1.807, 2.05) is 38.1 Å². The maximum absolute atomic E-state index is 12.2. The Hall–Kier alpha value is -2.43. The van der Waals surface area contributed by atoms with Crippen molar-refractivity contribution in [2.75, 3.05) is 17.2 Å². The lowest BCUT2D eigenvalue weighted by molar-refractivity contribution is -0.116. The summed E-state index contributed by atoms with van der Waals surface area (Å²) in [5.74, 6) is 0.535. The largest absolute Gasteiger partial charge is 0.384 e. The van der Waals surface area contributed by atoms with Crippen molar-refractivity contribution in [3.05, 3.63) is 47.3 Å². The lowest BCUT2D eigenvalue weighted by Crippen LogP contribution is -2.18. The number of anilines is 2. The number of rotatable bonds is 3. The molecular formula is C16H18N4O. The molecule has 0 aliphatic carbocycles. The van der Waals surface area contributed by atoms with Crippen molar-refractivity contribution in [1.29, 1.82) is 0 Å². The van der Waals surface area contributed by atoms with Crippen molar-refractivity contribution in [3.8, 4) is 0 Å². The fourth-order valence-electron chi connectivity index (χ4n) is 2.72. The average molecular weight is 282 g/mol. The van der Waals surface area contributed by atoms with Gasteiger partial charge in [0.25, 0.3) is 0 Å². The monoisotopic (exact) mass is 282 g/mol.